The van der Waals surface area contributed by atoms with Gasteiger partial charge in [-0.15, -0.1) is 22.7 Å². The smallest absolute Gasteiger partial charge is 0.0778 e. The van der Waals surface area contributed by atoms with Crippen LogP contribution in [-0.2, 0) is 0 Å². The zero-order valence-corrected chi connectivity index (χ0v) is 9.12. The topological polar surface area (TPSA) is 0 Å². The second-order valence-electron chi connectivity index (χ2n) is 2.61. The highest BCUT2D eigenvalue weighted by molar-refractivity contribution is 7.21. The van der Waals surface area contributed by atoms with E-state index in [-0.39, 0.29) is 0 Å². The van der Waals surface area contributed by atoms with Crippen molar-refractivity contribution in [2.24, 2.45) is 0 Å². The molecule has 0 atom stereocenters. The van der Waals surface area contributed by atoms with Crippen LogP contribution >= 0.6 is 22.7 Å². The highest BCUT2D eigenvalue weighted by atomic mass is 32.1. The SMILES string of the molecule is C=CC#Cc1ccc(-c2cccs2)s1. The monoisotopic (exact) mass is 216 g/mol. The normalized spacial score (nSPS) is 9.14. The van der Waals surface area contributed by atoms with Crippen molar-refractivity contribution < 1.29 is 0 Å². The third-order valence-corrected chi connectivity index (χ3v) is 3.73. The molecule has 0 unspecified atom stereocenters. The van der Waals surface area contributed by atoms with Crippen molar-refractivity contribution in [1.29, 1.82) is 0 Å². The van der Waals surface area contributed by atoms with Gasteiger partial charge in [0.1, 0.15) is 0 Å². The number of rotatable bonds is 1. The van der Waals surface area contributed by atoms with E-state index >= 15 is 0 Å². The summed E-state index contributed by atoms with van der Waals surface area (Å²) in [6, 6.07) is 8.36. The second-order valence-corrected chi connectivity index (χ2v) is 4.65. The van der Waals surface area contributed by atoms with Crippen LogP contribution in [0.5, 0.6) is 0 Å². The van der Waals surface area contributed by atoms with Crippen LogP contribution in [0.3, 0.4) is 0 Å². The lowest BCUT2D eigenvalue weighted by Crippen LogP contribution is -1.57. The van der Waals surface area contributed by atoms with Crippen molar-refractivity contribution in [2.75, 3.05) is 0 Å². The molecule has 0 aliphatic carbocycles. The molecule has 2 heteroatoms. The number of hydrogen-bond acceptors (Lipinski definition) is 2. The predicted molar refractivity (Wildman–Crippen MR) is 64.7 cm³/mol. The summed E-state index contributed by atoms with van der Waals surface area (Å²) in [6.45, 7) is 3.57. The van der Waals surface area contributed by atoms with Gasteiger partial charge in [-0.1, -0.05) is 24.5 Å². The molecule has 0 N–H and O–H groups in total. The van der Waals surface area contributed by atoms with Crippen LogP contribution in [0.2, 0.25) is 0 Å². The standard InChI is InChI=1S/C12H8S2/c1-2-3-5-10-7-8-12(14-10)11-6-4-9-13-11/h2,4,6-9H,1H2. The van der Waals surface area contributed by atoms with Gasteiger partial charge >= 0.3 is 0 Å². The minimum atomic E-state index is 1.09. The number of allylic oxidation sites excluding steroid dienone is 1. The van der Waals surface area contributed by atoms with Gasteiger partial charge in [0, 0.05) is 9.75 Å². The molecule has 68 valence electrons. The zero-order valence-electron chi connectivity index (χ0n) is 7.49. The van der Waals surface area contributed by atoms with Crippen LogP contribution < -0.4 is 0 Å². The summed E-state index contributed by atoms with van der Waals surface area (Å²) < 4.78 is 0. The molecule has 14 heavy (non-hydrogen) atoms. The summed E-state index contributed by atoms with van der Waals surface area (Å²) in [5.74, 6) is 5.88. The minimum absolute atomic E-state index is 1.09. The van der Waals surface area contributed by atoms with Crippen molar-refractivity contribution in [1.82, 2.24) is 0 Å². The first kappa shape index (κ1) is 9.26. The highest BCUT2D eigenvalue weighted by Gasteiger charge is 2.01. The van der Waals surface area contributed by atoms with Crippen LogP contribution in [0.1, 0.15) is 4.88 Å². The predicted octanol–water partition coefficient (Wildman–Crippen LogP) is 4.01. The quantitative estimate of drug-likeness (QED) is 0.632. The minimum Gasteiger partial charge on any atom is -0.143 e. The Hall–Kier alpha value is -1.30. The molecule has 2 aromatic heterocycles. The number of thiophene rings is 2. The molecule has 0 aliphatic rings. The van der Waals surface area contributed by atoms with E-state index in [4.69, 9.17) is 0 Å². The maximum Gasteiger partial charge on any atom is 0.0778 e. The summed E-state index contributed by atoms with van der Waals surface area (Å²) in [6.07, 6.45) is 1.62. The molecule has 0 aromatic carbocycles. The average molecular weight is 216 g/mol. The Morgan fingerprint density at radius 3 is 2.86 bits per heavy atom. The van der Waals surface area contributed by atoms with Crippen LogP contribution in [0.25, 0.3) is 9.75 Å². The molecule has 0 spiro atoms. The molecule has 0 radical (unpaired) electrons. The first-order chi connectivity index (χ1) is 6.90. The summed E-state index contributed by atoms with van der Waals surface area (Å²) in [4.78, 5) is 3.68. The van der Waals surface area contributed by atoms with Crippen LogP contribution in [0.4, 0.5) is 0 Å². The van der Waals surface area contributed by atoms with Crippen molar-refractivity contribution in [2.45, 2.75) is 0 Å². The lowest BCUT2D eigenvalue weighted by atomic mass is 10.3. The molecule has 0 fully saturated rings. The van der Waals surface area contributed by atoms with Crippen molar-refractivity contribution in [3.63, 3.8) is 0 Å². The van der Waals surface area contributed by atoms with Gasteiger partial charge in [-0.3, -0.25) is 0 Å². The molecular weight excluding hydrogens is 208 g/mol. The van der Waals surface area contributed by atoms with Crippen LogP contribution in [0.15, 0.2) is 42.3 Å². The molecule has 2 rings (SSSR count). The molecule has 0 amide bonds. The third-order valence-electron chi connectivity index (χ3n) is 1.67. The molecular formula is C12H8S2. The first-order valence-electron chi connectivity index (χ1n) is 4.16. The van der Waals surface area contributed by atoms with Crippen molar-refractivity contribution >= 4 is 22.7 Å². The lowest BCUT2D eigenvalue weighted by molar-refractivity contribution is 1.90. The maximum absolute atomic E-state index is 3.57. The van der Waals surface area contributed by atoms with Crippen LogP contribution in [-0.4, -0.2) is 0 Å². The molecule has 0 nitrogen and oxygen atoms in total. The van der Waals surface area contributed by atoms with Gasteiger partial charge in [-0.05, 0) is 29.7 Å². The van der Waals surface area contributed by atoms with E-state index in [1.165, 1.54) is 9.75 Å². The first-order valence-corrected chi connectivity index (χ1v) is 5.86. The second kappa shape index (κ2) is 4.28. The fourth-order valence-electron chi connectivity index (χ4n) is 1.08. The van der Waals surface area contributed by atoms with Gasteiger partial charge in [0.15, 0.2) is 0 Å². The molecule has 2 aromatic rings. The Kier molecular flexibility index (Phi) is 2.83. The highest BCUT2D eigenvalue weighted by Crippen LogP contribution is 2.30. The Balaban J connectivity index is 2.31. The van der Waals surface area contributed by atoms with Crippen molar-refractivity contribution in [3.8, 4) is 21.6 Å². The van der Waals surface area contributed by atoms with Gasteiger partial charge in [0.25, 0.3) is 0 Å². The van der Waals surface area contributed by atoms with E-state index in [0.717, 1.165) is 4.88 Å². The maximum atomic E-state index is 3.57. The van der Waals surface area contributed by atoms with Gasteiger partial charge in [0.2, 0.25) is 0 Å². The van der Waals surface area contributed by atoms with Gasteiger partial charge in [-0.25, -0.2) is 0 Å². The Labute approximate surface area is 91.5 Å². The van der Waals surface area contributed by atoms with Gasteiger partial charge < -0.3 is 0 Å². The number of hydrogen-bond donors (Lipinski definition) is 0. The largest absolute Gasteiger partial charge is 0.143 e. The average Bonchev–Trinajstić information content (AvgIpc) is 2.85. The Morgan fingerprint density at radius 1 is 1.21 bits per heavy atom. The fraction of sp³-hybridized carbons (Fsp3) is 0. The van der Waals surface area contributed by atoms with Gasteiger partial charge in [-0.2, -0.15) is 0 Å². The molecule has 0 bridgehead atoms. The van der Waals surface area contributed by atoms with E-state index in [1.807, 2.05) is 0 Å². The van der Waals surface area contributed by atoms with Crippen LogP contribution in [0, 0.1) is 11.8 Å². The summed E-state index contributed by atoms with van der Waals surface area (Å²) in [5.41, 5.74) is 0. The van der Waals surface area contributed by atoms with E-state index in [2.05, 4.69) is 48.1 Å². The molecule has 2 heterocycles. The molecule has 0 saturated heterocycles. The van der Waals surface area contributed by atoms with Crippen molar-refractivity contribution in [3.05, 3.63) is 47.2 Å². The lowest BCUT2D eigenvalue weighted by Gasteiger charge is -1.86. The zero-order chi connectivity index (χ0) is 9.80. The molecule has 0 saturated carbocycles. The molecule has 0 aliphatic heterocycles. The summed E-state index contributed by atoms with van der Waals surface area (Å²) in [5, 5.41) is 2.09. The Morgan fingerprint density at radius 2 is 2.14 bits per heavy atom. The van der Waals surface area contributed by atoms with Gasteiger partial charge in [0.05, 0.1) is 4.88 Å². The van der Waals surface area contributed by atoms with E-state index < -0.39 is 0 Å². The van der Waals surface area contributed by atoms with E-state index in [1.54, 1.807) is 28.7 Å². The Bertz CT molecular complexity index is 478. The third kappa shape index (κ3) is 1.95. The van der Waals surface area contributed by atoms with E-state index in [9.17, 15) is 0 Å². The summed E-state index contributed by atoms with van der Waals surface area (Å²) >= 11 is 3.47. The fourth-order valence-corrected chi connectivity index (χ4v) is 2.78. The summed E-state index contributed by atoms with van der Waals surface area (Å²) in [7, 11) is 0. The van der Waals surface area contributed by atoms with E-state index in [0.29, 0.717) is 0 Å².